The number of aryl methyl sites for hydroxylation is 1. The van der Waals surface area contributed by atoms with E-state index in [9.17, 15) is 4.79 Å². The highest BCUT2D eigenvalue weighted by atomic mass is 16.2. The lowest BCUT2D eigenvalue weighted by Gasteiger charge is -2.37. The van der Waals surface area contributed by atoms with Gasteiger partial charge in [0.05, 0.1) is 5.56 Å². The number of hydrogen-bond donors (Lipinski definition) is 1. The molecule has 4 heteroatoms. The second-order valence-corrected chi connectivity index (χ2v) is 4.87. The standard InChI is InChI=1S/C13H15N3O/c1-8-6-16(7-8)13(17)11-5-3-4-10-9(2)14-15-12(10)11/h3-5,8H,6-7H2,1-2H3,(H,14,15). The Morgan fingerprint density at radius 1 is 1.47 bits per heavy atom. The van der Waals surface area contributed by atoms with Gasteiger partial charge in [-0.1, -0.05) is 19.1 Å². The fourth-order valence-electron chi connectivity index (χ4n) is 2.37. The van der Waals surface area contributed by atoms with Gasteiger partial charge < -0.3 is 4.90 Å². The molecule has 3 rings (SSSR count). The molecule has 17 heavy (non-hydrogen) atoms. The normalized spacial score (nSPS) is 16.2. The van der Waals surface area contributed by atoms with Gasteiger partial charge in [0.2, 0.25) is 0 Å². The zero-order valence-electron chi connectivity index (χ0n) is 10.0. The van der Waals surface area contributed by atoms with Crippen molar-refractivity contribution < 1.29 is 4.79 Å². The van der Waals surface area contributed by atoms with Crippen LogP contribution in [0.15, 0.2) is 18.2 Å². The molecule has 0 bridgehead atoms. The van der Waals surface area contributed by atoms with Crippen LogP contribution in [0, 0.1) is 12.8 Å². The molecule has 1 aromatic heterocycles. The lowest BCUT2D eigenvalue weighted by Crippen LogP contribution is -2.48. The molecule has 1 saturated heterocycles. The molecule has 1 fully saturated rings. The number of para-hydroxylation sites is 1. The number of carbonyl (C=O) groups is 1. The lowest BCUT2D eigenvalue weighted by atomic mass is 10.0. The molecule has 0 atom stereocenters. The summed E-state index contributed by atoms with van der Waals surface area (Å²) in [6, 6.07) is 5.76. The van der Waals surface area contributed by atoms with Crippen LogP contribution in [0.25, 0.3) is 10.9 Å². The summed E-state index contributed by atoms with van der Waals surface area (Å²) in [7, 11) is 0. The quantitative estimate of drug-likeness (QED) is 0.812. The number of nitrogens with one attached hydrogen (secondary N) is 1. The molecule has 0 unspecified atom stereocenters. The molecular formula is C13H15N3O. The molecule has 4 nitrogen and oxygen atoms in total. The maximum atomic E-state index is 12.3. The second kappa shape index (κ2) is 3.58. The predicted molar refractivity (Wildman–Crippen MR) is 65.9 cm³/mol. The average molecular weight is 229 g/mol. The Balaban J connectivity index is 2.02. The molecule has 1 aromatic carbocycles. The first-order valence-electron chi connectivity index (χ1n) is 5.90. The highest BCUT2D eigenvalue weighted by molar-refractivity contribution is 6.06. The monoisotopic (exact) mass is 229 g/mol. The largest absolute Gasteiger partial charge is 0.338 e. The first kappa shape index (κ1) is 10.3. The van der Waals surface area contributed by atoms with E-state index in [0.717, 1.165) is 29.7 Å². The summed E-state index contributed by atoms with van der Waals surface area (Å²) < 4.78 is 0. The molecule has 0 radical (unpaired) electrons. The number of aromatic nitrogens is 2. The molecule has 1 aliphatic heterocycles. The lowest BCUT2D eigenvalue weighted by molar-refractivity contribution is 0.0532. The van der Waals surface area contributed by atoms with Crippen LogP contribution in [0.3, 0.4) is 0 Å². The molecule has 1 N–H and O–H groups in total. The summed E-state index contributed by atoms with van der Waals surface area (Å²) >= 11 is 0. The number of carbonyl (C=O) groups excluding carboxylic acids is 1. The number of aromatic amines is 1. The van der Waals surface area contributed by atoms with E-state index >= 15 is 0 Å². The number of nitrogens with zero attached hydrogens (tertiary/aromatic N) is 2. The number of hydrogen-bond acceptors (Lipinski definition) is 2. The maximum absolute atomic E-state index is 12.3. The summed E-state index contributed by atoms with van der Waals surface area (Å²) in [6.07, 6.45) is 0. The third-order valence-electron chi connectivity index (χ3n) is 3.36. The molecule has 0 spiro atoms. The SMILES string of the molecule is Cc1[nH]nc2c(C(=O)N3CC(C)C3)cccc12. The van der Waals surface area contributed by atoms with Gasteiger partial charge in [0.1, 0.15) is 5.52 Å². The van der Waals surface area contributed by atoms with Crippen molar-refractivity contribution in [1.82, 2.24) is 15.1 Å². The van der Waals surface area contributed by atoms with Gasteiger partial charge in [-0.15, -0.1) is 0 Å². The zero-order valence-corrected chi connectivity index (χ0v) is 10.0. The third-order valence-corrected chi connectivity index (χ3v) is 3.36. The summed E-state index contributed by atoms with van der Waals surface area (Å²) in [5, 5.41) is 8.19. The molecule has 2 heterocycles. The molecule has 1 aliphatic rings. The van der Waals surface area contributed by atoms with E-state index < -0.39 is 0 Å². The first-order chi connectivity index (χ1) is 8.16. The van der Waals surface area contributed by atoms with E-state index in [2.05, 4.69) is 17.1 Å². The Labute approximate surface area is 99.6 Å². The first-order valence-corrected chi connectivity index (χ1v) is 5.90. The van der Waals surface area contributed by atoms with Crippen LogP contribution in [0.5, 0.6) is 0 Å². The molecule has 0 aliphatic carbocycles. The maximum Gasteiger partial charge on any atom is 0.256 e. The van der Waals surface area contributed by atoms with Crippen LogP contribution >= 0.6 is 0 Å². The fourth-order valence-corrected chi connectivity index (χ4v) is 2.37. The number of likely N-dealkylation sites (tertiary alicyclic amines) is 1. The van der Waals surface area contributed by atoms with E-state index in [4.69, 9.17) is 0 Å². The summed E-state index contributed by atoms with van der Waals surface area (Å²) in [4.78, 5) is 14.1. The third kappa shape index (κ3) is 1.52. The molecular weight excluding hydrogens is 214 g/mol. The van der Waals surface area contributed by atoms with Gasteiger partial charge >= 0.3 is 0 Å². The van der Waals surface area contributed by atoms with Crippen LogP contribution in [-0.4, -0.2) is 34.1 Å². The Morgan fingerprint density at radius 3 is 2.94 bits per heavy atom. The van der Waals surface area contributed by atoms with Gasteiger partial charge in [-0.3, -0.25) is 9.89 Å². The van der Waals surface area contributed by atoms with Gasteiger partial charge in [-0.2, -0.15) is 5.10 Å². The van der Waals surface area contributed by atoms with Gasteiger partial charge in [0, 0.05) is 24.2 Å². The summed E-state index contributed by atoms with van der Waals surface area (Å²) in [5.74, 6) is 0.722. The summed E-state index contributed by atoms with van der Waals surface area (Å²) in [6.45, 7) is 5.84. The van der Waals surface area contributed by atoms with Crippen molar-refractivity contribution in [3.05, 3.63) is 29.5 Å². The molecule has 1 amide bonds. The minimum Gasteiger partial charge on any atom is -0.338 e. The number of benzene rings is 1. The van der Waals surface area contributed by atoms with Crippen molar-refractivity contribution in [2.45, 2.75) is 13.8 Å². The Hall–Kier alpha value is -1.84. The van der Waals surface area contributed by atoms with Crippen LogP contribution in [-0.2, 0) is 0 Å². The smallest absolute Gasteiger partial charge is 0.256 e. The van der Waals surface area contributed by atoms with Crippen molar-refractivity contribution in [2.24, 2.45) is 5.92 Å². The van der Waals surface area contributed by atoms with Crippen molar-refractivity contribution >= 4 is 16.8 Å². The Bertz CT molecular complexity index is 581. The highest BCUT2D eigenvalue weighted by Gasteiger charge is 2.29. The van der Waals surface area contributed by atoms with Crippen molar-refractivity contribution in [3.8, 4) is 0 Å². The zero-order chi connectivity index (χ0) is 12.0. The molecule has 88 valence electrons. The Kier molecular flexibility index (Phi) is 2.18. The van der Waals surface area contributed by atoms with Gasteiger partial charge in [0.15, 0.2) is 0 Å². The van der Waals surface area contributed by atoms with Crippen LogP contribution in [0.1, 0.15) is 23.0 Å². The van der Waals surface area contributed by atoms with Gasteiger partial charge in [-0.25, -0.2) is 0 Å². The van der Waals surface area contributed by atoms with Crippen molar-refractivity contribution in [2.75, 3.05) is 13.1 Å². The minimum atomic E-state index is 0.0974. The topological polar surface area (TPSA) is 49.0 Å². The van der Waals surface area contributed by atoms with Crippen molar-refractivity contribution in [3.63, 3.8) is 0 Å². The summed E-state index contributed by atoms with van der Waals surface area (Å²) in [5.41, 5.74) is 2.50. The van der Waals surface area contributed by atoms with Gasteiger partial charge in [-0.05, 0) is 18.9 Å². The van der Waals surface area contributed by atoms with E-state index in [1.165, 1.54) is 0 Å². The van der Waals surface area contributed by atoms with E-state index in [0.29, 0.717) is 11.5 Å². The average Bonchev–Trinajstić information content (AvgIpc) is 2.66. The molecule has 2 aromatic rings. The number of rotatable bonds is 1. The molecule has 0 saturated carbocycles. The van der Waals surface area contributed by atoms with E-state index in [1.54, 1.807) is 0 Å². The minimum absolute atomic E-state index is 0.0974. The second-order valence-electron chi connectivity index (χ2n) is 4.87. The van der Waals surface area contributed by atoms with Crippen LogP contribution < -0.4 is 0 Å². The van der Waals surface area contributed by atoms with E-state index in [1.807, 2.05) is 30.0 Å². The number of H-pyrrole nitrogens is 1. The highest BCUT2D eigenvalue weighted by Crippen LogP contribution is 2.23. The van der Waals surface area contributed by atoms with Crippen LogP contribution in [0.4, 0.5) is 0 Å². The Morgan fingerprint density at radius 2 is 2.24 bits per heavy atom. The number of amides is 1. The van der Waals surface area contributed by atoms with Crippen LogP contribution in [0.2, 0.25) is 0 Å². The van der Waals surface area contributed by atoms with Gasteiger partial charge in [0.25, 0.3) is 5.91 Å². The number of fused-ring (bicyclic) bond motifs is 1. The van der Waals surface area contributed by atoms with Crippen molar-refractivity contribution in [1.29, 1.82) is 0 Å². The van der Waals surface area contributed by atoms with E-state index in [-0.39, 0.29) is 5.91 Å². The fraction of sp³-hybridized carbons (Fsp3) is 0.385. The predicted octanol–water partition coefficient (Wildman–Crippen LogP) is 1.96.